The molecule has 3 N–H and O–H groups in total. The van der Waals surface area contributed by atoms with Crippen LogP contribution in [-0.4, -0.2) is 18.5 Å². The number of carbonyl (C=O) groups excluding carboxylic acids is 1. The number of carbonyl (C=O) groups is 1. The van der Waals surface area contributed by atoms with E-state index < -0.39 is 0 Å². The standard InChI is InChI=1S/C7H16N2O/c1-3-6(5-8)9-7(10)4-2/h6H,3-5,8H2,1-2H3,(H,9,10). The van der Waals surface area contributed by atoms with E-state index in [2.05, 4.69) is 5.32 Å². The molecule has 0 spiro atoms. The average molecular weight is 144 g/mol. The highest BCUT2D eigenvalue weighted by molar-refractivity contribution is 5.75. The molecule has 60 valence electrons. The fourth-order valence-electron chi connectivity index (χ4n) is 0.657. The summed E-state index contributed by atoms with van der Waals surface area (Å²) in [7, 11) is 0. The molecule has 0 rings (SSSR count). The monoisotopic (exact) mass is 144 g/mol. The van der Waals surface area contributed by atoms with Crippen LogP contribution in [0.1, 0.15) is 26.7 Å². The first-order valence-corrected chi connectivity index (χ1v) is 3.74. The van der Waals surface area contributed by atoms with Gasteiger partial charge in [0.2, 0.25) is 5.91 Å². The first-order valence-electron chi connectivity index (χ1n) is 3.74. The molecule has 0 aromatic heterocycles. The maximum absolute atomic E-state index is 10.8. The van der Waals surface area contributed by atoms with Gasteiger partial charge in [-0.3, -0.25) is 4.79 Å². The molecule has 0 heterocycles. The van der Waals surface area contributed by atoms with Crippen molar-refractivity contribution in [2.24, 2.45) is 5.73 Å². The number of nitrogens with two attached hydrogens (primary N) is 1. The van der Waals surface area contributed by atoms with E-state index in [1.807, 2.05) is 13.8 Å². The van der Waals surface area contributed by atoms with Crippen molar-refractivity contribution in [2.45, 2.75) is 32.7 Å². The normalized spacial score (nSPS) is 12.7. The van der Waals surface area contributed by atoms with Gasteiger partial charge < -0.3 is 11.1 Å². The molecule has 1 amide bonds. The molecule has 1 unspecified atom stereocenters. The van der Waals surface area contributed by atoms with Crippen LogP contribution in [0.25, 0.3) is 0 Å². The lowest BCUT2D eigenvalue weighted by Crippen LogP contribution is -2.39. The Morgan fingerprint density at radius 2 is 2.20 bits per heavy atom. The minimum Gasteiger partial charge on any atom is -0.352 e. The van der Waals surface area contributed by atoms with E-state index in [1.165, 1.54) is 0 Å². The third-order valence-corrected chi connectivity index (χ3v) is 1.46. The predicted molar refractivity (Wildman–Crippen MR) is 41.6 cm³/mol. The maximum Gasteiger partial charge on any atom is 0.219 e. The van der Waals surface area contributed by atoms with Crippen LogP contribution in [0.15, 0.2) is 0 Å². The van der Waals surface area contributed by atoms with E-state index in [1.54, 1.807) is 0 Å². The van der Waals surface area contributed by atoms with Crippen LogP contribution in [0.5, 0.6) is 0 Å². The molecule has 10 heavy (non-hydrogen) atoms. The van der Waals surface area contributed by atoms with E-state index in [9.17, 15) is 4.79 Å². The minimum atomic E-state index is 0.0808. The molecular weight excluding hydrogens is 128 g/mol. The zero-order chi connectivity index (χ0) is 7.98. The molecule has 0 fully saturated rings. The maximum atomic E-state index is 10.8. The van der Waals surface area contributed by atoms with E-state index in [0.717, 1.165) is 6.42 Å². The highest BCUT2D eigenvalue weighted by atomic mass is 16.1. The van der Waals surface area contributed by atoms with Crippen molar-refractivity contribution in [3.63, 3.8) is 0 Å². The number of amides is 1. The molecular formula is C7H16N2O. The molecule has 3 nitrogen and oxygen atoms in total. The Bertz CT molecular complexity index is 99.8. The van der Waals surface area contributed by atoms with E-state index >= 15 is 0 Å². The summed E-state index contributed by atoms with van der Waals surface area (Å²) >= 11 is 0. The van der Waals surface area contributed by atoms with Crippen LogP contribution in [0.2, 0.25) is 0 Å². The van der Waals surface area contributed by atoms with Gasteiger partial charge >= 0.3 is 0 Å². The van der Waals surface area contributed by atoms with Crippen molar-refractivity contribution in [2.75, 3.05) is 6.54 Å². The minimum absolute atomic E-state index is 0.0808. The first-order chi connectivity index (χ1) is 4.74. The van der Waals surface area contributed by atoms with Crippen LogP contribution in [0.3, 0.4) is 0 Å². The highest BCUT2D eigenvalue weighted by Crippen LogP contribution is 1.87. The lowest BCUT2D eigenvalue weighted by molar-refractivity contribution is -0.121. The highest BCUT2D eigenvalue weighted by Gasteiger charge is 2.04. The average Bonchev–Trinajstić information content (AvgIpc) is 1.99. The Kier molecular flexibility index (Phi) is 4.94. The van der Waals surface area contributed by atoms with Gasteiger partial charge in [0, 0.05) is 19.0 Å². The molecule has 0 saturated heterocycles. The smallest absolute Gasteiger partial charge is 0.219 e. The Labute approximate surface area is 62.0 Å². The van der Waals surface area contributed by atoms with Gasteiger partial charge in [-0.25, -0.2) is 0 Å². The van der Waals surface area contributed by atoms with Crippen molar-refractivity contribution in [3.05, 3.63) is 0 Å². The van der Waals surface area contributed by atoms with Crippen LogP contribution in [0.4, 0.5) is 0 Å². The number of rotatable bonds is 4. The lowest BCUT2D eigenvalue weighted by atomic mass is 10.2. The van der Waals surface area contributed by atoms with Gasteiger partial charge in [-0.1, -0.05) is 13.8 Å². The molecule has 3 heteroatoms. The summed E-state index contributed by atoms with van der Waals surface area (Å²) < 4.78 is 0. The third-order valence-electron chi connectivity index (χ3n) is 1.46. The van der Waals surface area contributed by atoms with Gasteiger partial charge in [0.1, 0.15) is 0 Å². The van der Waals surface area contributed by atoms with Crippen molar-refractivity contribution >= 4 is 5.91 Å². The fraction of sp³-hybridized carbons (Fsp3) is 0.857. The molecule has 0 saturated carbocycles. The Balaban J connectivity index is 3.52. The zero-order valence-corrected chi connectivity index (χ0v) is 6.68. The summed E-state index contributed by atoms with van der Waals surface area (Å²) in [6, 6.07) is 0.160. The summed E-state index contributed by atoms with van der Waals surface area (Å²) in [4.78, 5) is 10.8. The molecule has 0 aliphatic rings. The van der Waals surface area contributed by atoms with Gasteiger partial charge in [0.15, 0.2) is 0 Å². The second kappa shape index (κ2) is 5.23. The van der Waals surface area contributed by atoms with Crippen LogP contribution in [-0.2, 0) is 4.79 Å². The van der Waals surface area contributed by atoms with Crippen LogP contribution in [0, 0.1) is 0 Å². The van der Waals surface area contributed by atoms with Gasteiger partial charge in [-0.05, 0) is 6.42 Å². The van der Waals surface area contributed by atoms with Crippen molar-refractivity contribution in [3.8, 4) is 0 Å². The van der Waals surface area contributed by atoms with Gasteiger partial charge in [0.25, 0.3) is 0 Å². The molecule has 0 bridgehead atoms. The molecule has 1 atom stereocenters. The fourth-order valence-corrected chi connectivity index (χ4v) is 0.657. The molecule has 0 aromatic carbocycles. The molecule has 0 radical (unpaired) electrons. The molecule has 0 aromatic rings. The Morgan fingerprint density at radius 1 is 1.60 bits per heavy atom. The van der Waals surface area contributed by atoms with Gasteiger partial charge in [-0.2, -0.15) is 0 Å². The summed E-state index contributed by atoms with van der Waals surface area (Å²) in [5, 5.41) is 2.80. The molecule has 0 aliphatic carbocycles. The number of hydrogen-bond acceptors (Lipinski definition) is 2. The quantitative estimate of drug-likeness (QED) is 0.594. The van der Waals surface area contributed by atoms with E-state index in [4.69, 9.17) is 5.73 Å². The summed E-state index contributed by atoms with van der Waals surface area (Å²) in [5.74, 6) is 0.0808. The zero-order valence-electron chi connectivity index (χ0n) is 6.68. The van der Waals surface area contributed by atoms with Crippen LogP contribution < -0.4 is 11.1 Å². The lowest BCUT2D eigenvalue weighted by Gasteiger charge is -2.12. The van der Waals surface area contributed by atoms with E-state index in [0.29, 0.717) is 13.0 Å². The third kappa shape index (κ3) is 3.45. The Morgan fingerprint density at radius 3 is 2.50 bits per heavy atom. The van der Waals surface area contributed by atoms with Crippen molar-refractivity contribution in [1.82, 2.24) is 5.32 Å². The van der Waals surface area contributed by atoms with E-state index in [-0.39, 0.29) is 11.9 Å². The topological polar surface area (TPSA) is 55.1 Å². The first kappa shape index (κ1) is 9.43. The van der Waals surface area contributed by atoms with Crippen molar-refractivity contribution < 1.29 is 4.79 Å². The summed E-state index contributed by atoms with van der Waals surface area (Å²) in [5.41, 5.74) is 5.37. The predicted octanol–water partition coefficient (Wildman–Crippen LogP) is 0.250. The summed E-state index contributed by atoms with van der Waals surface area (Å²) in [6.07, 6.45) is 1.44. The summed E-state index contributed by atoms with van der Waals surface area (Å²) in [6.45, 7) is 4.37. The van der Waals surface area contributed by atoms with Gasteiger partial charge in [0.05, 0.1) is 0 Å². The number of nitrogens with one attached hydrogen (secondary N) is 1. The second-order valence-electron chi connectivity index (χ2n) is 2.26. The Hall–Kier alpha value is -0.570. The van der Waals surface area contributed by atoms with Gasteiger partial charge in [-0.15, -0.1) is 0 Å². The van der Waals surface area contributed by atoms with Crippen LogP contribution >= 0.6 is 0 Å². The SMILES string of the molecule is CCC(=O)NC(CC)CN. The largest absolute Gasteiger partial charge is 0.352 e. The van der Waals surface area contributed by atoms with Crippen molar-refractivity contribution in [1.29, 1.82) is 0 Å². The number of hydrogen-bond donors (Lipinski definition) is 2. The second-order valence-corrected chi connectivity index (χ2v) is 2.26. The molecule has 0 aliphatic heterocycles.